The average molecular weight is 409 g/mol. The third kappa shape index (κ3) is 4.46. The van der Waals surface area contributed by atoms with Gasteiger partial charge >= 0.3 is 0 Å². The Balaban J connectivity index is 2.40. The molecule has 0 aliphatic heterocycles. The molecule has 2 aromatic rings. The number of benzene rings is 2. The van der Waals surface area contributed by atoms with Crippen LogP contribution in [-0.4, -0.2) is 27.4 Å². The normalized spacial score (nSPS) is 10.9. The lowest BCUT2D eigenvalue weighted by Crippen LogP contribution is -2.40. The van der Waals surface area contributed by atoms with Gasteiger partial charge in [-0.1, -0.05) is 40.2 Å². The van der Waals surface area contributed by atoms with Crippen molar-refractivity contribution in [2.24, 2.45) is 0 Å². The van der Waals surface area contributed by atoms with E-state index in [9.17, 15) is 13.2 Å². The molecule has 0 aliphatic carbocycles. The van der Waals surface area contributed by atoms with Gasteiger partial charge in [-0.2, -0.15) is 0 Å². The van der Waals surface area contributed by atoms with Gasteiger partial charge in [-0.15, -0.1) is 6.58 Å². The number of rotatable bonds is 7. The number of sulfonamides is 1. The van der Waals surface area contributed by atoms with E-state index in [1.54, 1.807) is 42.5 Å². The Morgan fingerprint density at radius 3 is 2.33 bits per heavy atom. The van der Waals surface area contributed by atoms with E-state index in [2.05, 4.69) is 27.8 Å². The summed E-state index contributed by atoms with van der Waals surface area (Å²) in [6, 6.07) is 14.8. The number of nitrogens with one attached hydrogen (secondary N) is 1. The summed E-state index contributed by atoms with van der Waals surface area (Å²) in [7, 11) is -3.86. The minimum Gasteiger partial charge on any atom is -0.351 e. The van der Waals surface area contributed by atoms with Gasteiger partial charge in [-0.25, -0.2) is 8.42 Å². The molecule has 24 heavy (non-hydrogen) atoms. The molecule has 7 heteroatoms. The first-order valence-corrected chi connectivity index (χ1v) is 9.39. The first-order valence-electron chi connectivity index (χ1n) is 7.16. The zero-order valence-corrected chi connectivity index (χ0v) is 15.3. The van der Waals surface area contributed by atoms with E-state index in [0.29, 0.717) is 5.69 Å². The van der Waals surface area contributed by atoms with Gasteiger partial charge < -0.3 is 5.32 Å². The monoisotopic (exact) mass is 408 g/mol. The number of hydrogen-bond donors (Lipinski definition) is 1. The van der Waals surface area contributed by atoms with Crippen LogP contribution in [0.3, 0.4) is 0 Å². The molecule has 0 heterocycles. The van der Waals surface area contributed by atoms with E-state index in [-0.39, 0.29) is 18.0 Å². The number of amides is 1. The van der Waals surface area contributed by atoms with Gasteiger partial charge in [0.05, 0.1) is 10.6 Å². The maximum atomic E-state index is 12.9. The SMILES string of the molecule is C=CCNC(=O)CN(c1ccc(Br)cc1)S(=O)(=O)c1ccccc1. The van der Waals surface area contributed by atoms with E-state index in [0.717, 1.165) is 8.78 Å². The fourth-order valence-electron chi connectivity index (χ4n) is 2.01. The lowest BCUT2D eigenvalue weighted by Gasteiger charge is -2.24. The van der Waals surface area contributed by atoms with Gasteiger partial charge in [0.2, 0.25) is 5.91 Å². The first kappa shape index (κ1) is 18.2. The summed E-state index contributed by atoms with van der Waals surface area (Å²) >= 11 is 3.32. The molecule has 2 rings (SSSR count). The molecule has 0 bridgehead atoms. The summed E-state index contributed by atoms with van der Waals surface area (Å²) in [6.45, 7) is 3.49. The van der Waals surface area contributed by atoms with Crippen LogP contribution in [0.2, 0.25) is 0 Å². The molecule has 0 spiro atoms. The summed E-state index contributed by atoms with van der Waals surface area (Å²) in [4.78, 5) is 12.2. The molecule has 0 aliphatic rings. The molecule has 0 radical (unpaired) electrons. The van der Waals surface area contributed by atoms with Crippen molar-refractivity contribution in [3.05, 3.63) is 71.7 Å². The van der Waals surface area contributed by atoms with Crippen molar-refractivity contribution in [1.29, 1.82) is 0 Å². The van der Waals surface area contributed by atoms with Crippen molar-refractivity contribution < 1.29 is 13.2 Å². The second kappa shape index (κ2) is 8.12. The van der Waals surface area contributed by atoms with Gasteiger partial charge in [0.15, 0.2) is 0 Å². The number of carbonyl (C=O) groups is 1. The van der Waals surface area contributed by atoms with Crippen molar-refractivity contribution in [2.75, 3.05) is 17.4 Å². The molecule has 2 aromatic carbocycles. The second-order valence-corrected chi connectivity index (χ2v) is 7.67. The quantitative estimate of drug-likeness (QED) is 0.716. The second-order valence-electron chi connectivity index (χ2n) is 4.89. The number of halogens is 1. The van der Waals surface area contributed by atoms with Crippen LogP contribution in [0.25, 0.3) is 0 Å². The highest BCUT2D eigenvalue weighted by atomic mass is 79.9. The lowest BCUT2D eigenvalue weighted by atomic mass is 10.3. The summed E-state index contributed by atoms with van der Waals surface area (Å²) in [5.41, 5.74) is 0.413. The van der Waals surface area contributed by atoms with E-state index >= 15 is 0 Å². The molecule has 0 atom stereocenters. The van der Waals surface area contributed by atoms with Crippen LogP contribution < -0.4 is 9.62 Å². The maximum Gasteiger partial charge on any atom is 0.264 e. The summed E-state index contributed by atoms with van der Waals surface area (Å²) < 4.78 is 27.8. The highest BCUT2D eigenvalue weighted by molar-refractivity contribution is 9.10. The Kier molecular flexibility index (Phi) is 6.16. The van der Waals surface area contributed by atoms with E-state index in [1.807, 2.05) is 0 Å². The van der Waals surface area contributed by atoms with Gasteiger partial charge in [0.1, 0.15) is 6.54 Å². The van der Waals surface area contributed by atoms with E-state index in [4.69, 9.17) is 0 Å². The molecule has 1 amide bonds. The van der Waals surface area contributed by atoms with Crippen molar-refractivity contribution in [1.82, 2.24) is 5.32 Å². The molecule has 0 saturated heterocycles. The largest absolute Gasteiger partial charge is 0.351 e. The first-order chi connectivity index (χ1) is 11.4. The Labute approximate surface area is 150 Å². The predicted molar refractivity (Wildman–Crippen MR) is 98.3 cm³/mol. The minimum atomic E-state index is -3.86. The Morgan fingerprint density at radius 1 is 1.12 bits per heavy atom. The van der Waals surface area contributed by atoms with Gasteiger partial charge in [-0.05, 0) is 36.4 Å². The molecular formula is C17H17BrN2O3S. The van der Waals surface area contributed by atoms with Gasteiger partial charge in [0, 0.05) is 11.0 Å². The molecule has 126 valence electrons. The third-order valence-corrected chi connectivity index (χ3v) is 5.49. The fraction of sp³-hybridized carbons (Fsp3) is 0.118. The van der Waals surface area contributed by atoms with Crippen molar-refractivity contribution in [2.45, 2.75) is 4.90 Å². The van der Waals surface area contributed by atoms with Crippen LogP contribution in [0.4, 0.5) is 5.69 Å². The van der Waals surface area contributed by atoms with Crippen LogP contribution in [-0.2, 0) is 14.8 Å². The van der Waals surface area contributed by atoms with Gasteiger partial charge in [0.25, 0.3) is 10.0 Å². The van der Waals surface area contributed by atoms with Crippen LogP contribution in [0.15, 0.2) is 76.6 Å². The molecule has 0 unspecified atom stereocenters. The zero-order chi connectivity index (χ0) is 17.6. The third-order valence-electron chi connectivity index (χ3n) is 3.18. The van der Waals surface area contributed by atoms with E-state index in [1.165, 1.54) is 18.2 Å². The van der Waals surface area contributed by atoms with Crippen LogP contribution in [0.5, 0.6) is 0 Å². The standard InChI is InChI=1S/C17H17BrN2O3S/c1-2-12-19-17(21)13-20(15-10-8-14(18)9-11-15)24(22,23)16-6-4-3-5-7-16/h2-11H,1,12-13H2,(H,19,21). The maximum absolute atomic E-state index is 12.9. The predicted octanol–water partition coefficient (Wildman–Crippen LogP) is 2.95. The van der Waals surface area contributed by atoms with Crippen molar-refractivity contribution in [3.8, 4) is 0 Å². The number of hydrogen-bond acceptors (Lipinski definition) is 3. The molecule has 0 fully saturated rings. The van der Waals surface area contributed by atoms with Crippen LogP contribution >= 0.6 is 15.9 Å². The zero-order valence-electron chi connectivity index (χ0n) is 12.9. The lowest BCUT2D eigenvalue weighted by molar-refractivity contribution is -0.119. The number of nitrogens with zero attached hydrogens (tertiary/aromatic N) is 1. The molecule has 0 saturated carbocycles. The topological polar surface area (TPSA) is 66.5 Å². The van der Waals surface area contributed by atoms with Crippen LogP contribution in [0.1, 0.15) is 0 Å². The molecule has 0 aromatic heterocycles. The smallest absolute Gasteiger partial charge is 0.264 e. The molecular weight excluding hydrogens is 392 g/mol. The molecule has 5 nitrogen and oxygen atoms in total. The summed E-state index contributed by atoms with van der Waals surface area (Å²) in [5.74, 6) is -0.405. The number of anilines is 1. The Hall–Kier alpha value is -2.12. The average Bonchev–Trinajstić information content (AvgIpc) is 2.59. The highest BCUT2D eigenvalue weighted by Crippen LogP contribution is 2.25. The van der Waals surface area contributed by atoms with Crippen molar-refractivity contribution >= 4 is 37.5 Å². The van der Waals surface area contributed by atoms with Crippen LogP contribution in [0, 0.1) is 0 Å². The molecule has 1 N–H and O–H groups in total. The summed E-state index contributed by atoms with van der Waals surface area (Å²) in [5, 5.41) is 2.60. The van der Waals surface area contributed by atoms with E-state index < -0.39 is 15.9 Å². The highest BCUT2D eigenvalue weighted by Gasteiger charge is 2.26. The Bertz CT molecular complexity index is 805. The summed E-state index contributed by atoms with van der Waals surface area (Å²) in [6.07, 6.45) is 1.54. The van der Waals surface area contributed by atoms with Crippen molar-refractivity contribution in [3.63, 3.8) is 0 Å². The minimum absolute atomic E-state index is 0.129. The fourth-order valence-corrected chi connectivity index (χ4v) is 3.72. The number of carbonyl (C=O) groups excluding carboxylic acids is 1. The Morgan fingerprint density at radius 2 is 1.75 bits per heavy atom. The van der Waals surface area contributed by atoms with Gasteiger partial charge in [-0.3, -0.25) is 9.10 Å².